The lowest BCUT2D eigenvalue weighted by Gasteiger charge is -2.21. The molecular weight excluding hydrogens is 1810 g/mol. The summed E-state index contributed by atoms with van der Waals surface area (Å²) in [6.45, 7) is 25.6. The summed E-state index contributed by atoms with van der Waals surface area (Å²) in [5.41, 5.74) is 0. The van der Waals surface area contributed by atoms with E-state index in [4.69, 9.17) is 66.3 Å². The molecule has 0 saturated heterocycles. The molecule has 0 atom stereocenters. The minimum Gasteiger partial charge on any atom is -0.490 e. The van der Waals surface area contributed by atoms with Gasteiger partial charge in [-0.15, -0.1) is 0 Å². The van der Waals surface area contributed by atoms with Gasteiger partial charge in [-0.1, -0.05) is 466 Å². The molecule has 0 unspecified atom stereocenters. The lowest BCUT2D eigenvalue weighted by atomic mass is 9.93. The van der Waals surface area contributed by atoms with Crippen molar-refractivity contribution in [2.24, 2.45) is 0 Å². The number of hydrogen-bond acceptors (Lipinski definition) is 14. The normalized spacial score (nSPS) is 12.9. The summed E-state index contributed by atoms with van der Waals surface area (Å²) in [4.78, 5) is 0. The molecule has 14 heteroatoms. The van der Waals surface area contributed by atoms with E-state index in [1.807, 2.05) is 0 Å². The zero-order chi connectivity index (χ0) is 102. The Morgan fingerprint density at radius 2 is 0.233 bits per heavy atom. The average molecular weight is 2020 g/mol. The Morgan fingerprint density at radius 3 is 0.349 bits per heavy atom. The summed E-state index contributed by atoms with van der Waals surface area (Å²) in [5.74, 6) is 8.74. The summed E-state index contributed by atoms with van der Waals surface area (Å²) in [6.07, 6.45) is 89.6. The van der Waals surface area contributed by atoms with Crippen molar-refractivity contribution in [3.05, 3.63) is 72.8 Å². The van der Waals surface area contributed by atoms with Crippen LogP contribution < -0.4 is 56.8 Å². The van der Waals surface area contributed by atoms with Crippen molar-refractivity contribution in [2.45, 2.75) is 518 Å². The number of hydrogen-bond donors (Lipinski definition) is 0. The van der Waals surface area contributed by atoms with Gasteiger partial charge in [0.05, 0.1) is 79.3 Å². The molecule has 0 spiro atoms. The molecule has 0 fully saturated rings. The molecule has 146 heavy (non-hydrogen) atoms. The summed E-state index contributed by atoms with van der Waals surface area (Å²) in [5, 5.41) is 12.5. The van der Waals surface area contributed by atoms with Gasteiger partial charge in [0.2, 0.25) is 0 Å². The Morgan fingerprint density at radius 1 is 0.130 bits per heavy atom. The molecule has 0 bridgehead atoms. The van der Waals surface area contributed by atoms with Crippen LogP contribution in [-0.2, 0) is 9.47 Å². The minimum atomic E-state index is 0.263. The van der Waals surface area contributed by atoms with Crippen molar-refractivity contribution in [1.29, 1.82) is 0 Å². The van der Waals surface area contributed by atoms with Crippen LogP contribution in [0.4, 0.5) is 0 Å². The van der Waals surface area contributed by atoms with Crippen LogP contribution in [0.5, 0.6) is 69.0 Å². The number of unbranched alkanes of at least 4 members (excludes halogenated alkanes) is 64. The van der Waals surface area contributed by atoms with Crippen LogP contribution in [0.15, 0.2) is 72.8 Å². The van der Waals surface area contributed by atoms with Crippen molar-refractivity contribution in [1.82, 2.24) is 0 Å². The molecule has 8 aromatic carbocycles. The van der Waals surface area contributed by atoms with Gasteiger partial charge < -0.3 is 66.3 Å². The Balaban J connectivity index is 1.08. The van der Waals surface area contributed by atoms with E-state index < -0.39 is 0 Å². The second-order valence-corrected chi connectivity index (χ2v) is 43.1. The van der Waals surface area contributed by atoms with Gasteiger partial charge in [-0.25, -0.2) is 0 Å². The molecule has 1 aliphatic heterocycles. The smallest absolute Gasteiger partial charge is 0.161 e. The molecule has 1 heterocycles. The number of benzene rings is 8. The third-order valence-corrected chi connectivity index (χ3v) is 30.2. The van der Waals surface area contributed by atoms with Crippen LogP contribution in [0.2, 0.25) is 0 Å². The molecule has 1 aliphatic rings. The first-order valence-electron chi connectivity index (χ1n) is 62.2. The lowest BCUT2D eigenvalue weighted by Crippen LogP contribution is -2.15. The lowest BCUT2D eigenvalue weighted by molar-refractivity contribution is 0.0641. The van der Waals surface area contributed by atoms with E-state index in [9.17, 15) is 0 Å². The maximum atomic E-state index is 7.05. The summed E-state index contributed by atoms with van der Waals surface area (Å²) >= 11 is 0. The molecule has 0 aliphatic carbocycles. The second-order valence-electron chi connectivity index (χ2n) is 43.1. The maximum Gasteiger partial charge on any atom is 0.161 e. The second kappa shape index (κ2) is 80.7. The van der Waals surface area contributed by atoms with E-state index in [-0.39, 0.29) is 26.4 Å². The van der Waals surface area contributed by atoms with Crippen molar-refractivity contribution in [3.8, 4) is 69.0 Å². The zero-order valence-electron chi connectivity index (χ0n) is 94.9. The quantitative estimate of drug-likeness (QED) is 0.0265. The summed E-state index contributed by atoms with van der Waals surface area (Å²) in [7, 11) is 0. The Labute approximate surface area is 890 Å². The van der Waals surface area contributed by atoms with Crippen molar-refractivity contribution < 1.29 is 66.3 Å². The highest BCUT2D eigenvalue weighted by Crippen LogP contribution is 2.51. The average Bonchev–Trinajstić information content (AvgIpc) is 0.728. The highest BCUT2D eigenvalue weighted by Gasteiger charge is 2.25. The first kappa shape index (κ1) is 122. The molecular formula is C132H212O14. The summed E-state index contributed by atoms with van der Waals surface area (Å²) < 4.78 is 97.7. The monoisotopic (exact) mass is 2020 g/mol. The Hall–Kier alpha value is -7.16. The fourth-order valence-corrected chi connectivity index (χ4v) is 21.2. The van der Waals surface area contributed by atoms with Gasteiger partial charge in [0, 0.05) is 0 Å². The van der Waals surface area contributed by atoms with Crippen molar-refractivity contribution in [3.63, 3.8) is 0 Å². The van der Waals surface area contributed by atoms with Crippen LogP contribution in [0.1, 0.15) is 518 Å². The first-order chi connectivity index (χ1) is 72.4. The highest BCUT2D eigenvalue weighted by molar-refractivity contribution is 6.28. The largest absolute Gasteiger partial charge is 0.490 e. The third kappa shape index (κ3) is 48.2. The summed E-state index contributed by atoms with van der Waals surface area (Å²) in [6, 6.07) is 26.9. The van der Waals surface area contributed by atoms with E-state index in [1.165, 1.54) is 360 Å². The minimum absolute atomic E-state index is 0.263. The Kier molecular flexibility index (Phi) is 67.6. The topological polar surface area (TPSA) is 129 Å². The molecule has 0 aromatic heterocycles. The predicted octanol–water partition coefficient (Wildman–Crippen LogP) is 41.1. The molecule has 0 radical (unpaired) electrons. The highest BCUT2D eigenvalue weighted by atomic mass is 16.6. The molecule has 14 nitrogen and oxygen atoms in total. The van der Waals surface area contributed by atoms with Gasteiger partial charge in [0.1, 0.15) is 26.4 Å². The van der Waals surface area contributed by atoms with E-state index in [1.54, 1.807) is 0 Å². The van der Waals surface area contributed by atoms with Gasteiger partial charge in [0.15, 0.2) is 69.0 Å². The van der Waals surface area contributed by atoms with E-state index in [0.29, 0.717) is 102 Å². The van der Waals surface area contributed by atoms with E-state index in [2.05, 4.69) is 128 Å². The third-order valence-electron chi connectivity index (χ3n) is 30.2. The molecule has 9 rings (SSSR count). The van der Waals surface area contributed by atoms with Crippen LogP contribution in [0, 0.1) is 0 Å². The number of ether oxygens (including phenoxy) is 14. The van der Waals surface area contributed by atoms with Gasteiger partial charge in [-0.05, 0) is 189 Å². The molecule has 8 aromatic rings. The molecule has 0 amide bonds. The van der Waals surface area contributed by atoms with E-state index in [0.717, 1.165) is 213 Å². The number of rotatable bonds is 88. The van der Waals surface area contributed by atoms with Gasteiger partial charge in [-0.2, -0.15) is 0 Å². The zero-order valence-corrected chi connectivity index (χ0v) is 94.9. The molecule has 0 N–H and O–H groups in total. The van der Waals surface area contributed by atoms with Crippen LogP contribution in [-0.4, -0.2) is 106 Å². The standard InChI is InChI=1S/C132H212O14/c1-9-17-25-33-41-49-57-65-73-81-135-121-97-109-110-98-122(136-82-74-66-58-50-42-34-26-18-10-2)126(140-86-78-70-62-54-46-38-30-22-14-6)102-114(110)118-106-130-129(105-117(118)113(109)101-125(121)139-85-77-69-61-53-45-37-29-21-13-5)143-93-89-133-91-95-145-131-107-119-115-103-127(141-87-79-71-63-55-47-39-31-23-15-7)123(137-83-75-67-59-51-43-35-27-19-11-3)99-111(115)112-100-124(138-84-76-68-60-52-44-36-28-20-12-4)128(142-88-80-72-64-56-48-40-32-24-16-8)104-116(112)120(119)108-132(131)146-96-92-134-90-94-144-130/h97-108H,9-96H2,1-8H3. The first-order valence-corrected chi connectivity index (χ1v) is 62.2. The molecule has 0 saturated carbocycles. The number of fused-ring (bicyclic) bond motifs is 14. The van der Waals surface area contributed by atoms with Gasteiger partial charge in [-0.3, -0.25) is 0 Å². The van der Waals surface area contributed by atoms with Crippen LogP contribution in [0.25, 0.3) is 64.6 Å². The fraction of sp³-hybridized carbons (Fsp3) is 0.727. The van der Waals surface area contributed by atoms with E-state index >= 15 is 0 Å². The SMILES string of the molecule is CCCCCCCCCCCOc1cc2c3cc(OCCCCCCCCCCC)c(OCCCCCCCCCCC)cc3c3cc4c(cc3c2cc1OCCCCCCCCCCC)OCCOCCOc1cc2c3cc(OCCCCCCCCCCC)c(OCCCCCCCCCCC)cc3c3cc(OCCCCCCCCCCC)c(OCCCCCCCCCCC)cc3c2cc1OCCOCCO4. The van der Waals surface area contributed by atoms with Gasteiger partial charge >= 0.3 is 0 Å². The molecule has 824 valence electrons. The van der Waals surface area contributed by atoms with Crippen molar-refractivity contribution >= 4 is 64.6 Å². The van der Waals surface area contributed by atoms with Crippen LogP contribution >= 0.6 is 0 Å². The van der Waals surface area contributed by atoms with Crippen LogP contribution in [0.3, 0.4) is 0 Å². The fourth-order valence-electron chi connectivity index (χ4n) is 21.2. The predicted molar refractivity (Wildman–Crippen MR) is 623 cm³/mol. The van der Waals surface area contributed by atoms with Crippen molar-refractivity contribution in [2.75, 3.05) is 106 Å². The van der Waals surface area contributed by atoms with Gasteiger partial charge in [0.25, 0.3) is 0 Å². The maximum absolute atomic E-state index is 7.05. The Bertz CT molecular complexity index is 4060.